The van der Waals surface area contributed by atoms with Crippen LogP contribution in [0.5, 0.6) is 0 Å². The summed E-state index contributed by atoms with van der Waals surface area (Å²) < 4.78 is 31.0. The third-order valence-electron chi connectivity index (χ3n) is 4.41. The molecule has 3 aromatic rings. The average Bonchev–Trinajstić information content (AvgIpc) is 3.22. The van der Waals surface area contributed by atoms with E-state index in [1.54, 1.807) is 28.4 Å². The monoisotopic (exact) mass is 392 g/mol. The number of hydrogen-bond donors (Lipinski definition) is 1. The second kappa shape index (κ2) is 7.48. The highest BCUT2D eigenvalue weighted by Crippen LogP contribution is 2.32. The van der Waals surface area contributed by atoms with Crippen LogP contribution in [0.3, 0.4) is 0 Å². The summed E-state index contributed by atoms with van der Waals surface area (Å²) >= 11 is 1.68. The van der Waals surface area contributed by atoms with Gasteiger partial charge in [-0.3, -0.25) is 0 Å². The zero-order valence-corrected chi connectivity index (χ0v) is 17.0. The minimum absolute atomic E-state index is 0.0545. The molecule has 0 amide bonds. The number of aromatic nitrogens is 2. The van der Waals surface area contributed by atoms with E-state index in [9.17, 15) is 8.42 Å². The molecule has 0 fully saturated rings. The number of nitrogens with zero attached hydrogens (tertiary/aromatic N) is 3. The zero-order valence-electron chi connectivity index (χ0n) is 15.4. The molecule has 1 N–H and O–H groups in total. The summed E-state index contributed by atoms with van der Waals surface area (Å²) in [6.07, 6.45) is 3.12. The van der Waals surface area contributed by atoms with Crippen molar-refractivity contribution in [3.8, 4) is 0 Å². The van der Waals surface area contributed by atoms with Crippen LogP contribution >= 0.6 is 11.3 Å². The van der Waals surface area contributed by atoms with Gasteiger partial charge in [-0.15, -0.1) is 11.3 Å². The molecule has 0 saturated carbocycles. The van der Waals surface area contributed by atoms with Gasteiger partial charge in [0.15, 0.2) is 5.03 Å². The maximum absolute atomic E-state index is 12.6. The van der Waals surface area contributed by atoms with Gasteiger partial charge in [-0.2, -0.15) is 0 Å². The van der Waals surface area contributed by atoms with E-state index in [-0.39, 0.29) is 23.7 Å². The van der Waals surface area contributed by atoms with Crippen molar-refractivity contribution in [2.45, 2.75) is 31.0 Å². The Morgan fingerprint density at radius 2 is 2.00 bits per heavy atom. The van der Waals surface area contributed by atoms with Crippen molar-refractivity contribution in [2.24, 2.45) is 0 Å². The van der Waals surface area contributed by atoms with E-state index in [4.69, 9.17) is 0 Å². The molecular weight excluding hydrogens is 368 g/mol. The highest BCUT2D eigenvalue weighted by Gasteiger charge is 2.23. The van der Waals surface area contributed by atoms with Crippen molar-refractivity contribution < 1.29 is 8.42 Å². The molecule has 2 heterocycles. The van der Waals surface area contributed by atoms with Crippen LogP contribution in [0.2, 0.25) is 0 Å². The number of benzene rings is 1. The second-order valence-corrected chi connectivity index (χ2v) is 9.40. The summed E-state index contributed by atoms with van der Waals surface area (Å²) in [5.74, 6) is 0. The average molecular weight is 393 g/mol. The first-order chi connectivity index (χ1) is 12.3. The molecule has 26 heavy (non-hydrogen) atoms. The fourth-order valence-electron chi connectivity index (χ4n) is 2.83. The molecule has 6 nitrogen and oxygen atoms in total. The first kappa shape index (κ1) is 19.0. The predicted molar refractivity (Wildman–Crippen MR) is 106 cm³/mol. The van der Waals surface area contributed by atoms with Crippen molar-refractivity contribution in [1.82, 2.24) is 19.2 Å². The number of likely N-dealkylation sites (N-methyl/N-ethyl adjacent to an activating group) is 1. The van der Waals surface area contributed by atoms with Crippen molar-refractivity contribution in [3.63, 3.8) is 0 Å². The van der Waals surface area contributed by atoms with Gasteiger partial charge in [0.2, 0.25) is 0 Å². The molecule has 3 rings (SSSR count). The molecule has 0 aliphatic carbocycles. The van der Waals surface area contributed by atoms with Gasteiger partial charge in [-0.1, -0.05) is 18.2 Å². The van der Waals surface area contributed by atoms with Crippen LogP contribution in [-0.4, -0.2) is 43.5 Å². The van der Waals surface area contributed by atoms with E-state index in [0.29, 0.717) is 0 Å². The summed E-state index contributed by atoms with van der Waals surface area (Å²) in [6.45, 7) is 4.25. The summed E-state index contributed by atoms with van der Waals surface area (Å²) in [6, 6.07) is 8.29. The minimum Gasteiger partial charge on any atom is -0.334 e. The lowest BCUT2D eigenvalue weighted by Gasteiger charge is -2.24. The van der Waals surface area contributed by atoms with Crippen LogP contribution in [0.4, 0.5) is 0 Å². The molecule has 0 saturated heterocycles. The molecule has 1 atom stereocenters. The number of rotatable bonds is 7. The van der Waals surface area contributed by atoms with E-state index in [0.717, 1.165) is 5.56 Å². The minimum atomic E-state index is -3.65. The maximum Gasteiger partial charge on any atom is 0.259 e. The van der Waals surface area contributed by atoms with E-state index < -0.39 is 10.0 Å². The molecule has 0 aliphatic rings. The van der Waals surface area contributed by atoms with E-state index in [1.165, 1.54) is 10.1 Å². The number of thiophene rings is 1. The van der Waals surface area contributed by atoms with Gasteiger partial charge < -0.3 is 9.47 Å². The lowest BCUT2D eigenvalue weighted by atomic mass is 10.1. The third kappa shape index (κ3) is 3.83. The Hall–Kier alpha value is -1.74. The Bertz CT molecular complexity index is 989. The largest absolute Gasteiger partial charge is 0.334 e. The third-order valence-corrected chi connectivity index (χ3v) is 6.70. The van der Waals surface area contributed by atoms with Crippen molar-refractivity contribution in [2.75, 3.05) is 20.6 Å². The maximum atomic E-state index is 12.6. The normalized spacial score (nSPS) is 13.8. The Labute approximate surface area is 158 Å². The van der Waals surface area contributed by atoms with Crippen LogP contribution < -0.4 is 4.72 Å². The van der Waals surface area contributed by atoms with Gasteiger partial charge in [0.25, 0.3) is 10.0 Å². The van der Waals surface area contributed by atoms with Crippen molar-refractivity contribution >= 4 is 31.4 Å². The molecule has 0 radical (unpaired) electrons. The fourth-order valence-corrected chi connectivity index (χ4v) is 4.81. The van der Waals surface area contributed by atoms with Gasteiger partial charge >= 0.3 is 0 Å². The molecule has 140 valence electrons. The van der Waals surface area contributed by atoms with Crippen LogP contribution in [-0.2, 0) is 10.0 Å². The smallest absolute Gasteiger partial charge is 0.259 e. The van der Waals surface area contributed by atoms with Gasteiger partial charge in [0.05, 0.1) is 6.33 Å². The van der Waals surface area contributed by atoms with E-state index >= 15 is 0 Å². The molecule has 1 unspecified atom stereocenters. The summed E-state index contributed by atoms with van der Waals surface area (Å²) in [5, 5.41) is 3.33. The van der Waals surface area contributed by atoms with E-state index in [1.807, 2.05) is 45.0 Å². The van der Waals surface area contributed by atoms with Gasteiger partial charge in [-0.25, -0.2) is 18.1 Å². The quantitative estimate of drug-likeness (QED) is 0.670. The Morgan fingerprint density at radius 1 is 1.27 bits per heavy atom. The van der Waals surface area contributed by atoms with Crippen LogP contribution in [0.1, 0.15) is 31.5 Å². The number of fused-ring (bicyclic) bond motifs is 1. The highest BCUT2D eigenvalue weighted by atomic mass is 32.2. The Morgan fingerprint density at radius 3 is 2.65 bits per heavy atom. The topological polar surface area (TPSA) is 67.2 Å². The number of nitrogens with one attached hydrogen (secondary N) is 1. The molecular formula is C18H24N4O2S2. The first-order valence-corrected chi connectivity index (χ1v) is 10.8. The Kier molecular flexibility index (Phi) is 5.47. The van der Waals surface area contributed by atoms with Crippen LogP contribution in [0.25, 0.3) is 10.1 Å². The van der Waals surface area contributed by atoms with Crippen molar-refractivity contribution in [1.29, 1.82) is 0 Å². The summed E-state index contributed by atoms with van der Waals surface area (Å²) in [7, 11) is 0.263. The summed E-state index contributed by atoms with van der Waals surface area (Å²) in [5.41, 5.74) is 1.13. The fraction of sp³-hybridized carbons (Fsp3) is 0.389. The molecule has 1 aromatic carbocycles. The van der Waals surface area contributed by atoms with Gasteiger partial charge in [0, 0.05) is 29.5 Å². The lowest BCUT2D eigenvalue weighted by Crippen LogP contribution is -2.34. The summed E-state index contributed by atoms with van der Waals surface area (Å²) in [4.78, 5) is 6.08. The molecule has 0 spiro atoms. The molecule has 8 heteroatoms. The first-order valence-electron chi connectivity index (χ1n) is 8.45. The lowest BCUT2D eigenvalue weighted by molar-refractivity contribution is 0.301. The standard InChI is InChI=1S/C18H24N4O2S2/c1-13(2)22-10-18(19-12-22)26(23,24)20-9-16(21(3)4)15-11-25-17-8-6-5-7-14(15)17/h5-8,10-13,16,20H,9H2,1-4H3. The molecule has 0 aliphatic heterocycles. The number of sulfonamides is 1. The van der Waals surface area contributed by atoms with E-state index in [2.05, 4.69) is 27.2 Å². The number of hydrogen-bond acceptors (Lipinski definition) is 5. The number of imidazole rings is 1. The van der Waals surface area contributed by atoms with Gasteiger partial charge in [0.1, 0.15) is 0 Å². The zero-order chi connectivity index (χ0) is 18.9. The van der Waals surface area contributed by atoms with Crippen molar-refractivity contribution in [3.05, 3.63) is 47.7 Å². The second-order valence-electron chi connectivity index (χ2n) is 6.77. The SMILES string of the molecule is CC(C)n1cnc(S(=O)(=O)NCC(c2csc3ccccc23)N(C)C)c1. The Balaban J connectivity index is 1.82. The van der Waals surface area contributed by atoms with Crippen LogP contribution in [0.15, 0.2) is 47.2 Å². The molecule has 0 bridgehead atoms. The highest BCUT2D eigenvalue weighted by molar-refractivity contribution is 7.89. The van der Waals surface area contributed by atoms with Gasteiger partial charge in [-0.05, 0) is 50.3 Å². The predicted octanol–water partition coefficient (Wildman–Crippen LogP) is 3.26. The van der Waals surface area contributed by atoms with Crippen LogP contribution in [0, 0.1) is 0 Å². The molecule has 2 aromatic heterocycles.